The van der Waals surface area contributed by atoms with Gasteiger partial charge in [0, 0.05) is 11.8 Å². The van der Waals surface area contributed by atoms with Crippen LogP contribution in [0.15, 0.2) is 42.5 Å². The highest BCUT2D eigenvalue weighted by Crippen LogP contribution is 2.28. The zero-order valence-electron chi connectivity index (χ0n) is 14.7. The Morgan fingerprint density at radius 1 is 1.24 bits per heavy atom. The van der Waals surface area contributed by atoms with Crippen molar-refractivity contribution < 1.29 is 14.3 Å². The number of nitrogens with zero attached hydrogens (tertiary/aromatic N) is 1. The van der Waals surface area contributed by atoms with E-state index in [1.807, 2.05) is 30.3 Å². The molecule has 0 saturated heterocycles. The molecule has 5 heteroatoms. The molecular formula is C20H22N2O3. The molecule has 0 aliphatic rings. The smallest absolute Gasteiger partial charge is 0.262 e. The summed E-state index contributed by atoms with van der Waals surface area (Å²) in [6.45, 7) is 4.10. The monoisotopic (exact) mass is 338 g/mol. The lowest BCUT2D eigenvalue weighted by atomic mass is 9.97. The molecule has 1 unspecified atom stereocenters. The molecule has 0 fully saturated rings. The molecule has 2 rings (SSSR count). The lowest BCUT2D eigenvalue weighted by Crippen LogP contribution is -2.21. The molecule has 0 aromatic heterocycles. The number of carbonyl (C=O) groups is 1. The summed E-state index contributed by atoms with van der Waals surface area (Å²) in [5.41, 5.74) is 2.38. The molecule has 130 valence electrons. The van der Waals surface area contributed by atoms with Crippen molar-refractivity contribution in [3.05, 3.63) is 53.6 Å². The minimum atomic E-state index is -0.248. The number of benzene rings is 2. The average molecular weight is 338 g/mol. The van der Waals surface area contributed by atoms with E-state index in [1.165, 1.54) is 7.11 Å². The second-order valence-corrected chi connectivity index (χ2v) is 5.71. The van der Waals surface area contributed by atoms with Crippen molar-refractivity contribution in [2.24, 2.45) is 0 Å². The molecule has 25 heavy (non-hydrogen) atoms. The van der Waals surface area contributed by atoms with E-state index in [0.29, 0.717) is 23.0 Å². The normalized spacial score (nSPS) is 11.3. The van der Waals surface area contributed by atoms with Gasteiger partial charge in [0.15, 0.2) is 18.1 Å². The zero-order chi connectivity index (χ0) is 18.2. The fourth-order valence-corrected chi connectivity index (χ4v) is 2.45. The van der Waals surface area contributed by atoms with Crippen LogP contribution in [0, 0.1) is 11.3 Å². The lowest BCUT2D eigenvalue weighted by molar-refractivity contribution is -0.118. The van der Waals surface area contributed by atoms with Crippen LogP contribution in [-0.2, 0) is 4.79 Å². The van der Waals surface area contributed by atoms with Crippen LogP contribution in [0.1, 0.15) is 37.3 Å². The number of methoxy groups -OCH3 is 1. The van der Waals surface area contributed by atoms with Crippen molar-refractivity contribution in [2.45, 2.75) is 26.2 Å². The van der Waals surface area contributed by atoms with Crippen molar-refractivity contribution in [1.82, 2.24) is 0 Å². The number of para-hydroxylation sites is 1. The molecule has 0 spiro atoms. The van der Waals surface area contributed by atoms with E-state index in [2.05, 4.69) is 19.2 Å². The van der Waals surface area contributed by atoms with E-state index in [1.54, 1.807) is 18.2 Å². The van der Waals surface area contributed by atoms with Crippen LogP contribution < -0.4 is 14.8 Å². The number of nitriles is 1. The van der Waals surface area contributed by atoms with Gasteiger partial charge in [0.05, 0.1) is 18.7 Å². The first-order chi connectivity index (χ1) is 12.1. The summed E-state index contributed by atoms with van der Waals surface area (Å²) in [6.07, 6.45) is 0.992. The molecule has 0 saturated carbocycles. The highest BCUT2D eigenvalue weighted by molar-refractivity contribution is 5.92. The van der Waals surface area contributed by atoms with Gasteiger partial charge < -0.3 is 14.8 Å². The molecule has 1 amide bonds. The maximum absolute atomic E-state index is 12.2. The standard InChI is InChI=1S/C20H22N2O3/c1-4-14(2)16-7-5-6-8-17(16)22-20(23)13-25-18-10-9-15(12-21)11-19(18)24-3/h5-11,14H,4,13H2,1-3H3,(H,22,23). The summed E-state index contributed by atoms with van der Waals surface area (Å²) in [6, 6.07) is 14.6. The second kappa shape index (κ2) is 8.74. The number of hydrogen-bond donors (Lipinski definition) is 1. The van der Waals surface area contributed by atoms with Gasteiger partial charge in [-0.1, -0.05) is 32.0 Å². The van der Waals surface area contributed by atoms with Gasteiger partial charge in [0.25, 0.3) is 5.91 Å². The highest BCUT2D eigenvalue weighted by Gasteiger charge is 2.12. The van der Waals surface area contributed by atoms with Crippen molar-refractivity contribution in [3.8, 4) is 17.6 Å². The second-order valence-electron chi connectivity index (χ2n) is 5.71. The van der Waals surface area contributed by atoms with E-state index in [4.69, 9.17) is 14.7 Å². The van der Waals surface area contributed by atoms with Crippen LogP contribution in [-0.4, -0.2) is 19.6 Å². The van der Waals surface area contributed by atoms with Crippen LogP contribution in [0.2, 0.25) is 0 Å². The van der Waals surface area contributed by atoms with E-state index in [0.717, 1.165) is 17.7 Å². The van der Waals surface area contributed by atoms with Crippen molar-refractivity contribution >= 4 is 11.6 Å². The van der Waals surface area contributed by atoms with E-state index < -0.39 is 0 Å². The Labute approximate surface area is 148 Å². The van der Waals surface area contributed by atoms with E-state index in [-0.39, 0.29) is 12.5 Å². The summed E-state index contributed by atoms with van der Waals surface area (Å²) >= 11 is 0. The lowest BCUT2D eigenvalue weighted by Gasteiger charge is -2.16. The number of rotatable bonds is 7. The van der Waals surface area contributed by atoms with Crippen molar-refractivity contribution in [2.75, 3.05) is 19.0 Å². The molecule has 2 aromatic carbocycles. The predicted octanol–water partition coefficient (Wildman–Crippen LogP) is 4.10. The first kappa shape index (κ1) is 18.3. The average Bonchev–Trinajstić information content (AvgIpc) is 2.66. The van der Waals surface area contributed by atoms with Gasteiger partial charge in [-0.3, -0.25) is 4.79 Å². The molecule has 1 N–H and O–H groups in total. The van der Waals surface area contributed by atoms with Gasteiger partial charge in [-0.2, -0.15) is 5.26 Å². The quantitative estimate of drug-likeness (QED) is 0.825. The molecule has 2 aromatic rings. The fourth-order valence-electron chi connectivity index (χ4n) is 2.45. The molecule has 0 bridgehead atoms. The van der Waals surface area contributed by atoms with Gasteiger partial charge in [0.1, 0.15) is 0 Å². The molecule has 1 atom stereocenters. The molecule has 5 nitrogen and oxygen atoms in total. The fraction of sp³-hybridized carbons (Fsp3) is 0.300. The van der Waals surface area contributed by atoms with Crippen LogP contribution in [0.5, 0.6) is 11.5 Å². The van der Waals surface area contributed by atoms with Crippen LogP contribution in [0.25, 0.3) is 0 Å². The topological polar surface area (TPSA) is 71.3 Å². The Hall–Kier alpha value is -3.00. The van der Waals surface area contributed by atoms with E-state index in [9.17, 15) is 4.79 Å². The zero-order valence-corrected chi connectivity index (χ0v) is 14.7. The van der Waals surface area contributed by atoms with Crippen molar-refractivity contribution in [3.63, 3.8) is 0 Å². The largest absolute Gasteiger partial charge is 0.493 e. The van der Waals surface area contributed by atoms with Gasteiger partial charge in [-0.05, 0) is 36.1 Å². The maximum atomic E-state index is 12.2. The highest BCUT2D eigenvalue weighted by atomic mass is 16.5. The Morgan fingerprint density at radius 3 is 2.68 bits per heavy atom. The van der Waals surface area contributed by atoms with Gasteiger partial charge in [-0.15, -0.1) is 0 Å². The Kier molecular flexibility index (Phi) is 6.41. The third-order valence-electron chi connectivity index (χ3n) is 4.03. The number of ether oxygens (including phenoxy) is 2. The first-order valence-corrected chi connectivity index (χ1v) is 8.18. The van der Waals surface area contributed by atoms with Gasteiger partial charge in [0.2, 0.25) is 0 Å². The van der Waals surface area contributed by atoms with Crippen LogP contribution in [0.4, 0.5) is 5.69 Å². The van der Waals surface area contributed by atoms with E-state index >= 15 is 0 Å². The molecule has 0 aliphatic carbocycles. The maximum Gasteiger partial charge on any atom is 0.262 e. The minimum absolute atomic E-state index is 0.142. The van der Waals surface area contributed by atoms with Crippen LogP contribution >= 0.6 is 0 Å². The molecule has 0 radical (unpaired) electrons. The van der Waals surface area contributed by atoms with Crippen LogP contribution in [0.3, 0.4) is 0 Å². The summed E-state index contributed by atoms with van der Waals surface area (Å²) in [5.74, 6) is 0.955. The number of anilines is 1. The SMILES string of the molecule is CCC(C)c1ccccc1NC(=O)COc1ccc(C#N)cc1OC. The first-order valence-electron chi connectivity index (χ1n) is 8.18. The Balaban J connectivity index is 2.04. The third-order valence-corrected chi connectivity index (χ3v) is 4.03. The Morgan fingerprint density at radius 2 is 2.00 bits per heavy atom. The molecule has 0 aliphatic heterocycles. The number of nitrogens with one attached hydrogen (secondary N) is 1. The molecule has 0 heterocycles. The van der Waals surface area contributed by atoms with Crippen molar-refractivity contribution in [1.29, 1.82) is 5.26 Å². The predicted molar refractivity (Wildman–Crippen MR) is 97.0 cm³/mol. The summed E-state index contributed by atoms with van der Waals surface area (Å²) in [5, 5.41) is 11.8. The summed E-state index contributed by atoms with van der Waals surface area (Å²) in [4.78, 5) is 12.2. The number of hydrogen-bond acceptors (Lipinski definition) is 4. The minimum Gasteiger partial charge on any atom is -0.493 e. The van der Waals surface area contributed by atoms with Gasteiger partial charge in [-0.25, -0.2) is 0 Å². The number of carbonyl (C=O) groups excluding carboxylic acids is 1. The summed E-state index contributed by atoms with van der Waals surface area (Å²) in [7, 11) is 1.49. The summed E-state index contributed by atoms with van der Waals surface area (Å²) < 4.78 is 10.7. The Bertz CT molecular complexity index is 781. The van der Waals surface area contributed by atoms with Gasteiger partial charge >= 0.3 is 0 Å². The number of amides is 1. The third kappa shape index (κ3) is 4.74. The molecular weight excluding hydrogens is 316 g/mol.